The summed E-state index contributed by atoms with van der Waals surface area (Å²) in [5.41, 5.74) is 0. The van der Waals surface area contributed by atoms with Crippen LogP contribution in [0.5, 0.6) is 0 Å². The maximum Gasteiger partial charge on any atom is 0.0408 e. The summed E-state index contributed by atoms with van der Waals surface area (Å²) in [7, 11) is 0. The lowest BCUT2D eigenvalue weighted by Crippen LogP contribution is -1.91. The summed E-state index contributed by atoms with van der Waals surface area (Å²) >= 11 is 0. The standard InChI is InChI=1S/C9H17N/c1-4-5-6-7-10-8-9(2)3/h4,7,9H,1,5-6,8H2,2-3H3. The Hall–Kier alpha value is -0.590. The highest BCUT2D eigenvalue weighted by Gasteiger charge is 1.86. The van der Waals surface area contributed by atoms with Crippen molar-refractivity contribution in [2.45, 2.75) is 26.7 Å². The van der Waals surface area contributed by atoms with E-state index in [1.54, 1.807) is 0 Å². The molecule has 0 aromatic carbocycles. The molecular weight excluding hydrogens is 122 g/mol. The zero-order valence-electron chi connectivity index (χ0n) is 7.01. The molecule has 0 rings (SSSR count). The summed E-state index contributed by atoms with van der Waals surface area (Å²) in [4.78, 5) is 4.24. The van der Waals surface area contributed by atoms with E-state index in [0.29, 0.717) is 5.92 Å². The number of allylic oxidation sites excluding steroid dienone is 1. The molecule has 0 aliphatic heterocycles. The predicted molar refractivity (Wildman–Crippen MR) is 47.6 cm³/mol. The van der Waals surface area contributed by atoms with Crippen molar-refractivity contribution in [1.29, 1.82) is 0 Å². The smallest absolute Gasteiger partial charge is 0.0408 e. The Labute approximate surface area is 63.9 Å². The van der Waals surface area contributed by atoms with E-state index in [1.807, 2.05) is 12.3 Å². The first-order chi connectivity index (χ1) is 4.77. The number of hydrogen-bond donors (Lipinski definition) is 0. The first-order valence-electron chi connectivity index (χ1n) is 3.86. The lowest BCUT2D eigenvalue weighted by molar-refractivity contribution is 0.666. The van der Waals surface area contributed by atoms with Crippen LogP contribution in [-0.4, -0.2) is 12.8 Å². The normalized spacial score (nSPS) is 11.1. The molecule has 0 bridgehead atoms. The average Bonchev–Trinajstić information content (AvgIpc) is 1.87. The molecule has 10 heavy (non-hydrogen) atoms. The summed E-state index contributed by atoms with van der Waals surface area (Å²) in [5.74, 6) is 0.681. The van der Waals surface area contributed by atoms with E-state index in [-0.39, 0.29) is 0 Å². The highest BCUT2D eigenvalue weighted by Crippen LogP contribution is 1.91. The van der Waals surface area contributed by atoms with Gasteiger partial charge in [-0.05, 0) is 25.0 Å². The van der Waals surface area contributed by atoms with Gasteiger partial charge in [-0.15, -0.1) is 6.58 Å². The molecule has 0 unspecified atom stereocenters. The Morgan fingerprint density at radius 1 is 1.40 bits per heavy atom. The SMILES string of the molecule is C=CCCC=NCC(C)C. The van der Waals surface area contributed by atoms with Crippen LogP contribution >= 0.6 is 0 Å². The lowest BCUT2D eigenvalue weighted by Gasteiger charge is -1.95. The minimum atomic E-state index is 0.681. The predicted octanol–water partition coefficient (Wildman–Crippen LogP) is 2.68. The van der Waals surface area contributed by atoms with Crippen molar-refractivity contribution in [2.75, 3.05) is 6.54 Å². The Balaban J connectivity index is 3.11. The van der Waals surface area contributed by atoms with Crippen molar-refractivity contribution >= 4 is 6.21 Å². The van der Waals surface area contributed by atoms with Gasteiger partial charge in [-0.2, -0.15) is 0 Å². The quantitative estimate of drug-likeness (QED) is 0.315. The van der Waals surface area contributed by atoms with Crippen molar-refractivity contribution in [3.63, 3.8) is 0 Å². The van der Waals surface area contributed by atoms with Gasteiger partial charge in [-0.25, -0.2) is 0 Å². The zero-order chi connectivity index (χ0) is 7.82. The molecule has 0 atom stereocenters. The van der Waals surface area contributed by atoms with Crippen LogP contribution in [0.4, 0.5) is 0 Å². The first kappa shape index (κ1) is 9.41. The van der Waals surface area contributed by atoms with Crippen molar-refractivity contribution < 1.29 is 0 Å². The molecule has 1 heteroatoms. The van der Waals surface area contributed by atoms with E-state index < -0.39 is 0 Å². The van der Waals surface area contributed by atoms with Crippen molar-refractivity contribution in [1.82, 2.24) is 0 Å². The summed E-state index contributed by atoms with van der Waals surface area (Å²) in [6.45, 7) is 8.93. The van der Waals surface area contributed by atoms with E-state index in [1.165, 1.54) is 0 Å². The topological polar surface area (TPSA) is 12.4 Å². The second kappa shape index (κ2) is 6.53. The molecule has 0 N–H and O–H groups in total. The highest BCUT2D eigenvalue weighted by atomic mass is 14.7. The van der Waals surface area contributed by atoms with Gasteiger partial charge in [0.2, 0.25) is 0 Å². The molecule has 0 saturated carbocycles. The van der Waals surface area contributed by atoms with Gasteiger partial charge in [0.15, 0.2) is 0 Å². The molecule has 0 amide bonds. The van der Waals surface area contributed by atoms with Gasteiger partial charge >= 0.3 is 0 Å². The molecular formula is C9H17N. The number of nitrogens with zero attached hydrogens (tertiary/aromatic N) is 1. The minimum Gasteiger partial charge on any atom is -0.297 e. The van der Waals surface area contributed by atoms with Crippen LogP contribution in [-0.2, 0) is 0 Å². The fraction of sp³-hybridized carbons (Fsp3) is 0.667. The Morgan fingerprint density at radius 3 is 2.60 bits per heavy atom. The maximum absolute atomic E-state index is 4.24. The minimum absolute atomic E-state index is 0.681. The number of unbranched alkanes of at least 4 members (excludes halogenated alkanes) is 1. The van der Waals surface area contributed by atoms with Crippen LogP contribution < -0.4 is 0 Å². The largest absolute Gasteiger partial charge is 0.297 e. The number of rotatable bonds is 5. The van der Waals surface area contributed by atoms with Crippen LogP contribution in [0, 0.1) is 5.92 Å². The zero-order valence-corrected chi connectivity index (χ0v) is 7.01. The molecule has 58 valence electrons. The summed E-state index contributed by atoms with van der Waals surface area (Å²) in [6.07, 6.45) is 5.99. The Kier molecular flexibility index (Phi) is 6.14. The Morgan fingerprint density at radius 2 is 2.10 bits per heavy atom. The third kappa shape index (κ3) is 7.41. The first-order valence-corrected chi connectivity index (χ1v) is 3.86. The van der Waals surface area contributed by atoms with Crippen molar-refractivity contribution in [3.05, 3.63) is 12.7 Å². The van der Waals surface area contributed by atoms with Gasteiger partial charge in [-0.1, -0.05) is 19.9 Å². The summed E-state index contributed by atoms with van der Waals surface area (Å²) < 4.78 is 0. The van der Waals surface area contributed by atoms with E-state index in [0.717, 1.165) is 19.4 Å². The van der Waals surface area contributed by atoms with Crippen LogP contribution in [0.25, 0.3) is 0 Å². The van der Waals surface area contributed by atoms with Crippen LogP contribution in [0.2, 0.25) is 0 Å². The van der Waals surface area contributed by atoms with E-state index in [2.05, 4.69) is 25.4 Å². The highest BCUT2D eigenvalue weighted by molar-refractivity contribution is 5.57. The van der Waals surface area contributed by atoms with Crippen LogP contribution in [0.3, 0.4) is 0 Å². The fourth-order valence-electron chi connectivity index (χ4n) is 0.569. The maximum atomic E-state index is 4.24. The third-order valence-electron chi connectivity index (χ3n) is 1.10. The molecule has 0 radical (unpaired) electrons. The Bertz CT molecular complexity index is 103. The lowest BCUT2D eigenvalue weighted by atomic mass is 10.2. The van der Waals surface area contributed by atoms with E-state index >= 15 is 0 Å². The number of aliphatic imine (C=N–C) groups is 1. The monoisotopic (exact) mass is 139 g/mol. The molecule has 1 nitrogen and oxygen atoms in total. The summed E-state index contributed by atoms with van der Waals surface area (Å²) in [6, 6.07) is 0. The summed E-state index contributed by atoms with van der Waals surface area (Å²) in [5, 5.41) is 0. The third-order valence-corrected chi connectivity index (χ3v) is 1.10. The van der Waals surface area contributed by atoms with Gasteiger partial charge in [0.05, 0.1) is 0 Å². The van der Waals surface area contributed by atoms with Gasteiger partial charge in [0.1, 0.15) is 0 Å². The molecule has 0 heterocycles. The molecule has 0 aliphatic carbocycles. The molecule has 0 aliphatic rings. The van der Waals surface area contributed by atoms with Gasteiger partial charge in [-0.3, -0.25) is 4.99 Å². The molecule has 0 aromatic rings. The molecule has 0 spiro atoms. The fourth-order valence-corrected chi connectivity index (χ4v) is 0.569. The second-order valence-electron chi connectivity index (χ2n) is 2.81. The van der Waals surface area contributed by atoms with Gasteiger partial charge in [0, 0.05) is 6.54 Å². The van der Waals surface area contributed by atoms with E-state index in [4.69, 9.17) is 0 Å². The van der Waals surface area contributed by atoms with Crippen LogP contribution in [0.15, 0.2) is 17.6 Å². The van der Waals surface area contributed by atoms with E-state index in [9.17, 15) is 0 Å². The number of hydrogen-bond acceptors (Lipinski definition) is 1. The molecule has 0 aromatic heterocycles. The average molecular weight is 139 g/mol. The van der Waals surface area contributed by atoms with Gasteiger partial charge < -0.3 is 0 Å². The second-order valence-corrected chi connectivity index (χ2v) is 2.81. The molecule has 0 fully saturated rings. The van der Waals surface area contributed by atoms with Crippen molar-refractivity contribution in [3.8, 4) is 0 Å². The van der Waals surface area contributed by atoms with Gasteiger partial charge in [0.25, 0.3) is 0 Å². The van der Waals surface area contributed by atoms with Crippen LogP contribution in [0.1, 0.15) is 26.7 Å². The van der Waals surface area contributed by atoms with Crippen molar-refractivity contribution in [2.24, 2.45) is 10.9 Å². The molecule has 0 saturated heterocycles.